The SMILES string of the molecule is O=C(CN(C(=O)c1ccc([N+](=O)[O-])cc1)N1C(=O)[C@H]2CC=CC[C@@H]2C1=O)c1ccc(OC(=O)c2ccc([N+](=O)[O-])cc2)cc1. The molecule has 0 bridgehead atoms. The molecule has 1 aliphatic heterocycles. The Morgan fingerprint density at radius 1 is 0.727 bits per heavy atom. The molecule has 1 fully saturated rings. The van der Waals surface area contributed by atoms with Crippen LogP contribution < -0.4 is 4.74 Å². The number of carbonyl (C=O) groups excluding carboxylic acids is 5. The van der Waals surface area contributed by atoms with Gasteiger partial charge in [-0.25, -0.2) is 9.80 Å². The number of ether oxygens (including phenoxy) is 1. The maximum atomic E-state index is 13.6. The third-order valence-corrected chi connectivity index (χ3v) is 7.28. The van der Waals surface area contributed by atoms with Crippen molar-refractivity contribution < 1.29 is 38.6 Å². The molecule has 3 amide bonds. The summed E-state index contributed by atoms with van der Waals surface area (Å²) in [5.41, 5.74) is -0.417. The largest absolute Gasteiger partial charge is 0.423 e. The van der Waals surface area contributed by atoms with Crippen molar-refractivity contribution in [2.24, 2.45) is 11.8 Å². The lowest BCUT2D eigenvalue weighted by Gasteiger charge is -2.30. The highest BCUT2D eigenvalue weighted by Gasteiger charge is 2.51. The summed E-state index contributed by atoms with van der Waals surface area (Å²) < 4.78 is 5.27. The Balaban J connectivity index is 1.35. The third-order valence-electron chi connectivity index (χ3n) is 7.28. The van der Waals surface area contributed by atoms with E-state index in [4.69, 9.17) is 4.74 Å². The van der Waals surface area contributed by atoms with Gasteiger partial charge in [-0.1, -0.05) is 12.2 Å². The number of Topliss-reactive ketones (excluding diaryl/α,β-unsaturated/α-hetero) is 1. The molecule has 14 nitrogen and oxygen atoms in total. The van der Waals surface area contributed by atoms with Crippen molar-refractivity contribution in [2.75, 3.05) is 6.54 Å². The Bertz CT molecular complexity index is 1690. The summed E-state index contributed by atoms with van der Waals surface area (Å²) in [5, 5.41) is 23.3. The molecule has 0 aromatic heterocycles. The van der Waals surface area contributed by atoms with Crippen molar-refractivity contribution in [2.45, 2.75) is 12.8 Å². The number of amides is 3. The van der Waals surface area contributed by atoms with Gasteiger partial charge in [-0.3, -0.25) is 39.4 Å². The average Bonchev–Trinajstić information content (AvgIpc) is 3.28. The number of benzene rings is 3. The standard InChI is InChI=1S/C30H22N4O10/c35-26(18-9-15-23(16-10-18)44-30(39)20-7-13-22(14-8-20)34(42)43)17-31(27(36)19-5-11-21(12-6-19)33(40)41)32-28(37)24-3-1-2-4-25(24)29(32)38/h1-2,5-16,24-25H,3-4,17H2/t24-,25-/m0/s1. The highest BCUT2D eigenvalue weighted by atomic mass is 16.6. The Morgan fingerprint density at radius 3 is 1.66 bits per heavy atom. The van der Waals surface area contributed by atoms with Gasteiger partial charge >= 0.3 is 5.97 Å². The smallest absolute Gasteiger partial charge is 0.343 e. The third kappa shape index (κ3) is 5.81. The van der Waals surface area contributed by atoms with Gasteiger partial charge in [0.15, 0.2) is 5.78 Å². The van der Waals surface area contributed by atoms with Gasteiger partial charge in [-0.2, -0.15) is 5.01 Å². The molecule has 1 saturated heterocycles. The highest BCUT2D eigenvalue weighted by Crippen LogP contribution is 2.36. The van der Waals surface area contributed by atoms with E-state index in [1.165, 1.54) is 48.5 Å². The lowest BCUT2D eigenvalue weighted by molar-refractivity contribution is -0.385. The minimum Gasteiger partial charge on any atom is -0.423 e. The molecule has 0 N–H and O–H groups in total. The number of fused-ring (bicyclic) bond motifs is 1. The number of esters is 1. The fraction of sp³-hybridized carbons (Fsp3) is 0.167. The number of nitro groups is 2. The zero-order valence-corrected chi connectivity index (χ0v) is 22.7. The second-order valence-electron chi connectivity index (χ2n) is 9.95. The van der Waals surface area contributed by atoms with Gasteiger partial charge < -0.3 is 4.74 Å². The molecule has 14 heteroatoms. The zero-order valence-electron chi connectivity index (χ0n) is 22.7. The van der Waals surface area contributed by atoms with Crippen LogP contribution in [-0.4, -0.2) is 55.9 Å². The molecule has 2 atom stereocenters. The summed E-state index contributed by atoms with van der Waals surface area (Å²) in [5.74, 6) is -4.87. The maximum Gasteiger partial charge on any atom is 0.343 e. The average molecular weight is 599 g/mol. The Hall–Kier alpha value is -6.05. The van der Waals surface area contributed by atoms with Crippen LogP contribution in [0.5, 0.6) is 5.75 Å². The van der Waals surface area contributed by atoms with Gasteiger partial charge in [0.25, 0.3) is 29.1 Å². The monoisotopic (exact) mass is 598 g/mol. The van der Waals surface area contributed by atoms with Gasteiger partial charge in [0.1, 0.15) is 12.3 Å². The first-order chi connectivity index (χ1) is 21.0. The van der Waals surface area contributed by atoms with Crippen molar-refractivity contribution in [1.29, 1.82) is 0 Å². The van der Waals surface area contributed by atoms with Crippen LogP contribution in [0.3, 0.4) is 0 Å². The zero-order chi connectivity index (χ0) is 31.5. The minimum absolute atomic E-state index is 0.0604. The van der Waals surface area contributed by atoms with Crippen LogP contribution >= 0.6 is 0 Å². The molecule has 3 aromatic rings. The first-order valence-corrected chi connectivity index (χ1v) is 13.2. The van der Waals surface area contributed by atoms with Crippen molar-refractivity contribution >= 4 is 40.8 Å². The molecule has 1 aliphatic carbocycles. The summed E-state index contributed by atoms with van der Waals surface area (Å²) >= 11 is 0. The first kappa shape index (κ1) is 29.4. The molecule has 5 rings (SSSR count). The number of non-ortho nitro benzene ring substituents is 2. The summed E-state index contributed by atoms with van der Waals surface area (Å²) in [4.78, 5) is 86.6. The molecule has 1 heterocycles. The molecule has 3 aromatic carbocycles. The predicted molar refractivity (Wildman–Crippen MR) is 150 cm³/mol. The number of nitrogens with zero attached hydrogens (tertiary/aromatic N) is 4. The molecule has 0 spiro atoms. The van der Waals surface area contributed by atoms with Crippen molar-refractivity contribution in [3.63, 3.8) is 0 Å². The lowest BCUT2D eigenvalue weighted by atomic mass is 9.85. The minimum atomic E-state index is -0.879. The number of allylic oxidation sites excluding steroid dienone is 2. The van der Waals surface area contributed by atoms with Crippen molar-refractivity contribution in [1.82, 2.24) is 10.0 Å². The normalized spacial score (nSPS) is 17.1. The van der Waals surface area contributed by atoms with E-state index in [0.29, 0.717) is 17.9 Å². The van der Waals surface area contributed by atoms with Crippen LogP contribution in [0, 0.1) is 32.1 Å². The fourth-order valence-electron chi connectivity index (χ4n) is 4.95. The first-order valence-electron chi connectivity index (χ1n) is 13.2. The van der Waals surface area contributed by atoms with Crippen LogP contribution in [-0.2, 0) is 9.59 Å². The van der Waals surface area contributed by atoms with Gasteiger partial charge in [-0.15, -0.1) is 0 Å². The van der Waals surface area contributed by atoms with Crippen LogP contribution in [0.2, 0.25) is 0 Å². The number of carbonyl (C=O) groups is 5. The summed E-state index contributed by atoms with van der Waals surface area (Å²) in [6, 6.07) is 14.6. The number of hydrogen-bond donors (Lipinski definition) is 0. The van der Waals surface area contributed by atoms with E-state index in [9.17, 15) is 44.2 Å². The molecule has 0 radical (unpaired) electrons. The summed E-state index contributed by atoms with van der Waals surface area (Å²) in [7, 11) is 0. The van der Waals surface area contributed by atoms with Crippen LogP contribution in [0.1, 0.15) is 43.9 Å². The van der Waals surface area contributed by atoms with Gasteiger partial charge in [0.05, 0.1) is 27.2 Å². The van der Waals surface area contributed by atoms with Crippen molar-refractivity contribution in [3.05, 3.63) is 122 Å². The summed E-state index contributed by atoms with van der Waals surface area (Å²) in [6.07, 6.45) is 4.16. The number of rotatable bonds is 9. The second-order valence-corrected chi connectivity index (χ2v) is 9.95. The van der Waals surface area contributed by atoms with Gasteiger partial charge in [0.2, 0.25) is 0 Å². The lowest BCUT2D eigenvalue weighted by Crippen LogP contribution is -2.52. The molecule has 0 unspecified atom stereocenters. The van der Waals surface area contributed by atoms with Gasteiger partial charge in [-0.05, 0) is 61.4 Å². The molecular formula is C30H22N4O10. The fourth-order valence-corrected chi connectivity index (χ4v) is 4.95. The molecule has 0 saturated carbocycles. The van der Waals surface area contributed by atoms with Crippen LogP contribution in [0.25, 0.3) is 0 Å². The van der Waals surface area contributed by atoms with Crippen molar-refractivity contribution in [3.8, 4) is 5.75 Å². The number of hydrogen-bond acceptors (Lipinski definition) is 10. The second kappa shape index (κ2) is 12.1. The quantitative estimate of drug-likeness (QED) is 0.0664. The van der Waals surface area contributed by atoms with E-state index in [-0.39, 0.29) is 33.8 Å². The van der Waals surface area contributed by atoms with E-state index < -0.39 is 57.7 Å². The molecule has 222 valence electrons. The van der Waals surface area contributed by atoms with E-state index in [2.05, 4.69) is 0 Å². The highest BCUT2D eigenvalue weighted by molar-refractivity contribution is 6.09. The van der Waals surface area contributed by atoms with E-state index in [1.807, 2.05) is 0 Å². The number of imide groups is 1. The number of hydrazine groups is 1. The van der Waals surface area contributed by atoms with Gasteiger partial charge in [0, 0.05) is 35.4 Å². The Labute approximate surface area is 248 Å². The molecular weight excluding hydrogens is 576 g/mol. The Kier molecular flexibility index (Phi) is 8.06. The number of ketones is 1. The van der Waals surface area contributed by atoms with E-state index >= 15 is 0 Å². The number of nitro benzene ring substituents is 2. The summed E-state index contributed by atoms with van der Waals surface area (Å²) in [6.45, 7) is -0.706. The Morgan fingerprint density at radius 2 is 1.18 bits per heavy atom. The maximum absolute atomic E-state index is 13.6. The van der Waals surface area contributed by atoms with E-state index in [1.54, 1.807) is 12.2 Å². The van der Waals surface area contributed by atoms with Crippen LogP contribution in [0.15, 0.2) is 84.9 Å². The molecule has 2 aliphatic rings. The molecule has 44 heavy (non-hydrogen) atoms. The van der Waals surface area contributed by atoms with Crippen LogP contribution in [0.4, 0.5) is 11.4 Å². The van der Waals surface area contributed by atoms with E-state index in [0.717, 1.165) is 29.3 Å². The topological polar surface area (TPSA) is 187 Å². The predicted octanol–water partition coefficient (Wildman–Crippen LogP) is 3.91.